The maximum Gasteiger partial charge on any atom is 0.127 e. The Morgan fingerprint density at radius 2 is 2.00 bits per heavy atom. The van der Waals surface area contributed by atoms with Crippen molar-refractivity contribution >= 4 is 0 Å². The summed E-state index contributed by atoms with van der Waals surface area (Å²) in [6.45, 7) is 6.43. The van der Waals surface area contributed by atoms with E-state index in [4.69, 9.17) is 4.74 Å². The lowest BCUT2D eigenvalue weighted by molar-refractivity contribution is 0.106. The molecule has 0 radical (unpaired) electrons. The Morgan fingerprint density at radius 1 is 1.19 bits per heavy atom. The van der Waals surface area contributed by atoms with E-state index in [1.807, 2.05) is 30.6 Å². The van der Waals surface area contributed by atoms with Gasteiger partial charge in [-0.1, -0.05) is 24.3 Å². The van der Waals surface area contributed by atoms with Crippen molar-refractivity contribution in [3.63, 3.8) is 0 Å². The van der Waals surface area contributed by atoms with Crippen LogP contribution in [-0.2, 0) is 17.8 Å². The van der Waals surface area contributed by atoms with Crippen molar-refractivity contribution in [2.45, 2.75) is 25.9 Å². The molecule has 3 rings (SSSR count). The summed E-state index contributed by atoms with van der Waals surface area (Å²) >= 11 is 0. The van der Waals surface area contributed by atoms with Gasteiger partial charge in [0.2, 0.25) is 0 Å². The second kappa shape index (κ2) is 10.5. The molecule has 1 aliphatic heterocycles. The van der Waals surface area contributed by atoms with Gasteiger partial charge >= 0.3 is 0 Å². The number of hydrogen-bond acceptors (Lipinski definition) is 4. The predicted octanol–water partition coefficient (Wildman–Crippen LogP) is 3.58. The number of benzene rings is 1. The third-order valence-corrected chi connectivity index (χ3v) is 5.32. The summed E-state index contributed by atoms with van der Waals surface area (Å²) < 4.78 is 19.2. The molecule has 0 unspecified atom stereocenters. The Labute approximate surface area is 162 Å². The number of nitrogens with zero attached hydrogens (tertiary/aromatic N) is 3. The van der Waals surface area contributed by atoms with Crippen molar-refractivity contribution in [1.29, 1.82) is 0 Å². The Bertz CT molecular complexity index is 674. The molecule has 1 aromatic carbocycles. The zero-order valence-electron chi connectivity index (χ0n) is 16.2. The molecule has 0 saturated carbocycles. The molecule has 27 heavy (non-hydrogen) atoms. The summed E-state index contributed by atoms with van der Waals surface area (Å²) in [4.78, 5) is 9.07. The highest BCUT2D eigenvalue weighted by molar-refractivity contribution is 5.17. The molecule has 146 valence electrons. The van der Waals surface area contributed by atoms with Crippen LogP contribution in [0.4, 0.5) is 4.39 Å². The minimum absolute atomic E-state index is 0.0955. The minimum Gasteiger partial charge on any atom is -0.383 e. The largest absolute Gasteiger partial charge is 0.383 e. The van der Waals surface area contributed by atoms with Gasteiger partial charge in [0.1, 0.15) is 5.82 Å². The summed E-state index contributed by atoms with van der Waals surface area (Å²) in [6.07, 6.45) is 6.07. The molecule has 1 aromatic heterocycles. The highest BCUT2D eigenvalue weighted by Gasteiger charge is 2.22. The number of hydrogen-bond donors (Lipinski definition) is 0. The molecule has 0 N–H and O–H groups in total. The molecule has 1 aliphatic rings. The smallest absolute Gasteiger partial charge is 0.127 e. The SMILES string of the molecule is COCCN(Cc1cccnc1)CC1CCN(Cc2ccccc2F)CC1. The van der Waals surface area contributed by atoms with Gasteiger partial charge in [-0.15, -0.1) is 0 Å². The fourth-order valence-corrected chi connectivity index (χ4v) is 3.76. The number of piperidine rings is 1. The van der Waals surface area contributed by atoms with Crippen molar-refractivity contribution < 1.29 is 9.13 Å². The van der Waals surface area contributed by atoms with Gasteiger partial charge in [0, 0.05) is 51.2 Å². The van der Waals surface area contributed by atoms with E-state index in [-0.39, 0.29) is 5.82 Å². The molecule has 0 aliphatic carbocycles. The summed E-state index contributed by atoms with van der Waals surface area (Å²) in [7, 11) is 1.75. The fraction of sp³-hybridized carbons (Fsp3) is 0.500. The highest BCUT2D eigenvalue weighted by atomic mass is 19.1. The summed E-state index contributed by atoms with van der Waals surface area (Å²) in [5.74, 6) is 0.581. The third-order valence-electron chi connectivity index (χ3n) is 5.32. The van der Waals surface area contributed by atoms with Crippen LogP contribution in [0.2, 0.25) is 0 Å². The number of ether oxygens (including phenoxy) is 1. The molecular formula is C22H30FN3O. The molecule has 4 nitrogen and oxygen atoms in total. The van der Waals surface area contributed by atoms with E-state index >= 15 is 0 Å². The second-order valence-corrected chi connectivity index (χ2v) is 7.40. The zero-order chi connectivity index (χ0) is 18.9. The number of likely N-dealkylation sites (tertiary alicyclic amines) is 1. The first kappa shape index (κ1) is 19.9. The monoisotopic (exact) mass is 371 g/mol. The molecule has 0 amide bonds. The van der Waals surface area contributed by atoms with Crippen molar-refractivity contribution in [2.24, 2.45) is 5.92 Å². The fourth-order valence-electron chi connectivity index (χ4n) is 3.76. The average Bonchev–Trinajstić information content (AvgIpc) is 2.70. The standard InChI is InChI=1S/C22H30FN3O/c1-27-14-13-26(17-20-5-4-10-24-15-20)16-19-8-11-25(12-9-19)18-21-6-2-3-7-22(21)23/h2-7,10,15,19H,8-9,11-14,16-18H2,1H3. The van der Waals surface area contributed by atoms with Gasteiger partial charge in [0.05, 0.1) is 6.61 Å². The van der Waals surface area contributed by atoms with Crippen molar-refractivity contribution in [3.05, 3.63) is 65.7 Å². The second-order valence-electron chi connectivity index (χ2n) is 7.40. The molecule has 1 fully saturated rings. The maximum atomic E-state index is 13.9. The minimum atomic E-state index is -0.0955. The summed E-state index contributed by atoms with van der Waals surface area (Å²) in [6, 6.07) is 11.2. The van der Waals surface area contributed by atoms with Crippen LogP contribution in [0, 0.1) is 11.7 Å². The number of pyridine rings is 1. The van der Waals surface area contributed by atoms with Crippen molar-refractivity contribution in [1.82, 2.24) is 14.8 Å². The van der Waals surface area contributed by atoms with Crippen LogP contribution in [0.3, 0.4) is 0 Å². The average molecular weight is 372 g/mol. The topological polar surface area (TPSA) is 28.6 Å². The predicted molar refractivity (Wildman–Crippen MR) is 106 cm³/mol. The molecule has 0 atom stereocenters. The molecule has 0 spiro atoms. The molecular weight excluding hydrogens is 341 g/mol. The molecule has 0 bridgehead atoms. The first-order valence-corrected chi connectivity index (χ1v) is 9.80. The van der Waals surface area contributed by atoms with Crippen LogP contribution >= 0.6 is 0 Å². The summed E-state index contributed by atoms with van der Waals surface area (Å²) in [5.41, 5.74) is 2.04. The number of methoxy groups -OCH3 is 1. The maximum absolute atomic E-state index is 13.9. The highest BCUT2D eigenvalue weighted by Crippen LogP contribution is 2.21. The Kier molecular flexibility index (Phi) is 7.75. The van der Waals surface area contributed by atoms with Gasteiger partial charge in [0.25, 0.3) is 0 Å². The van der Waals surface area contributed by atoms with Gasteiger partial charge in [-0.25, -0.2) is 4.39 Å². The third kappa shape index (κ3) is 6.38. The molecule has 5 heteroatoms. The van der Waals surface area contributed by atoms with Crippen LogP contribution in [0.5, 0.6) is 0 Å². The van der Waals surface area contributed by atoms with E-state index in [0.29, 0.717) is 12.5 Å². The Morgan fingerprint density at radius 3 is 2.70 bits per heavy atom. The van der Waals surface area contributed by atoms with E-state index in [1.165, 1.54) is 5.56 Å². The van der Waals surface area contributed by atoms with Crippen LogP contribution in [0.25, 0.3) is 0 Å². The first-order chi connectivity index (χ1) is 13.2. The van der Waals surface area contributed by atoms with Gasteiger partial charge in [-0.2, -0.15) is 0 Å². The molecule has 2 aromatic rings. The number of rotatable bonds is 9. The van der Waals surface area contributed by atoms with E-state index in [9.17, 15) is 4.39 Å². The van der Waals surface area contributed by atoms with Gasteiger partial charge in [-0.3, -0.25) is 14.8 Å². The van der Waals surface area contributed by atoms with Crippen LogP contribution in [-0.4, -0.2) is 54.7 Å². The lowest BCUT2D eigenvalue weighted by atomic mass is 9.95. The summed E-state index contributed by atoms with van der Waals surface area (Å²) in [5, 5.41) is 0. The quantitative estimate of drug-likeness (QED) is 0.674. The van der Waals surface area contributed by atoms with E-state index in [0.717, 1.165) is 57.7 Å². The number of halogens is 1. The van der Waals surface area contributed by atoms with Crippen LogP contribution in [0.1, 0.15) is 24.0 Å². The Hall–Kier alpha value is -1.82. The number of aromatic nitrogens is 1. The normalized spacial score (nSPS) is 16.1. The van der Waals surface area contributed by atoms with E-state index in [1.54, 1.807) is 19.2 Å². The van der Waals surface area contributed by atoms with E-state index in [2.05, 4.69) is 20.9 Å². The Balaban J connectivity index is 1.49. The van der Waals surface area contributed by atoms with Crippen LogP contribution < -0.4 is 0 Å². The lowest BCUT2D eigenvalue weighted by Crippen LogP contribution is -2.39. The molecule has 2 heterocycles. The van der Waals surface area contributed by atoms with Crippen LogP contribution in [0.15, 0.2) is 48.8 Å². The lowest BCUT2D eigenvalue weighted by Gasteiger charge is -2.35. The van der Waals surface area contributed by atoms with Crippen molar-refractivity contribution in [3.8, 4) is 0 Å². The zero-order valence-corrected chi connectivity index (χ0v) is 16.2. The molecule has 1 saturated heterocycles. The van der Waals surface area contributed by atoms with Gasteiger partial charge in [0.15, 0.2) is 0 Å². The van der Waals surface area contributed by atoms with E-state index < -0.39 is 0 Å². The van der Waals surface area contributed by atoms with Crippen molar-refractivity contribution in [2.75, 3.05) is 39.9 Å². The van der Waals surface area contributed by atoms with Gasteiger partial charge < -0.3 is 4.74 Å². The van der Waals surface area contributed by atoms with Gasteiger partial charge in [-0.05, 0) is 49.5 Å². The first-order valence-electron chi connectivity index (χ1n) is 9.80.